The lowest BCUT2D eigenvalue weighted by molar-refractivity contribution is 0.102. The predicted octanol–water partition coefficient (Wildman–Crippen LogP) is 3.96. The number of carbonyl (C=O) groups is 1. The van der Waals surface area contributed by atoms with E-state index in [4.69, 9.17) is 4.74 Å². The Labute approximate surface area is 196 Å². The molecule has 2 fully saturated rings. The van der Waals surface area contributed by atoms with Gasteiger partial charge in [0.05, 0.1) is 17.7 Å². The average Bonchev–Trinajstić information content (AvgIpc) is 3.35. The minimum absolute atomic E-state index is 0.159. The van der Waals surface area contributed by atoms with Gasteiger partial charge in [-0.05, 0) is 74.0 Å². The summed E-state index contributed by atoms with van der Waals surface area (Å²) in [7, 11) is -2.09. The van der Waals surface area contributed by atoms with Gasteiger partial charge in [0.2, 0.25) is 10.0 Å². The molecule has 4 rings (SSSR count). The second-order valence-electron chi connectivity index (χ2n) is 9.11. The summed E-state index contributed by atoms with van der Waals surface area (Å²) in [4.78, 5) is 15.5. The van der Waals surface area contributed by atoms with Crippen LogP contribution in [0.5, 0.6) is 5.75 Å². The Morgan fingerprint density at radius 1 is 1.06 bits per heavy atom. The molecule has 178 valence electrons. The van der Waals surface area contributed by atoms with Gasteiger partial charge in [0.15, 0.2) is 0 Å². The van der Waals surface area contributed by atoms with Gasteiger partial charge in [0, 0.05) is 31.7 Å². The lowest BCUT2D eigenvalue weighted by atomic mass is 9.99. The van der Waals surface area contributed by atoms with E-state index in [1.54, 1.807) is 6.07 Å². The van der Waals surface area contributed by atoms with Crippen molar-refractivity contribution in [3.05, 3.63) is 53.6 Å². The van der Waals surface area contributed by atoms with Gasteiger partial charge in [-0.25, -0.2) is 8.42 Å². The monoisotopic (exact) mass is 471 g/mol. The first-order chi connectivity index (χ1) is 15.9. The number of carbonyl (C=O) groups excluding carboxylic acids is 1. The Bertz CT molecular complexity index is 1080. The van der Waals surface area contributed by atoms with Crippen LogP contribution in [0.4, 0.5) is 5.69 Å². The van der Waals surface area contributed by atoms with Crippen molar-refractivity contribution in [2.75, 3.05) is 38.6 Å². The Morgan fingerprint density at radius 3 is 2.45 bits per heavy atom. The van der Waals surface area contributed by atoms with Crippen molar-refractivity contribution in [3.63, 3.8) is 0 Å². The van der Waals surface area contributed by atoms with Crippen molar-refractivity contribution in [2.45, 2.75) is 44.0 Å². The third-order valence-corrected chi connectivity index (χ3v) is 8.38. The van der Waals surface area contributed by atoms with Crippen LogP contribution in [0.3, 0.4) is 0 Å². The second kappa shape index (κ2) is 10.2. The Hall–Kier alpha value is -2.42. The van der Waals surface area contributed by atoms with Crippen molar-refractivity contribution < 1.29 is 17.9 Å². The number of amides is 1. The van der Waals surface area contributed by atoms with Crippen LogP contribution in [0.25, 0.3) is 0 Å². The van der Waals surface area contributed by atoms with Gasteiger partial charge in [-0.3, -0.25) is 9.69 Å². The van der Waals surface area contributed by atoms with Crippen molar-refractivity contribution in [3.8, 4) is 5.75 Å². The van der Waals surface area contributed by atoms with E-state index in [9.17, 15) is 13.2 Å². The first-order valence-corrected chi connectivity index (χ1v) is 13.1. The number of hydrogen-bond donors (Lipinski definition) is 1. The molecule has 2 saturated heterocycles. The summed E-state index contributed by atoms with van der Waals surface area (Å²) in [6.45, 7) is 6.45. The lowest BCUT2D eigenvalue weighted by Crippen LogP contribution is -2.33. The number of hydrogen-bond acceptors (Lipinski definition) is 5. The number of rotatable bonds is 7. The largest absolute Gasteiger partial charge is 0.495 e. The molecule has 0 aliphatic carbocycles. The van der Waals surface area contributed by atoms with Gasteiger partial charge in [0.1, 0.15) is 5.75 Å². The van der Waals surface area contributed by atoms with Crippen LogP contribution in [0.2, 0.25) is 0 Å². The van der Waals surface area contributed by atoms with Crippen molar-refractivity contribution in [1.29, 1.82) is 0 Å². The molecule has 33 heavy (non-hydrogen) atoms. The number of nitrogens with one attached hydrogen (secondary N) is 1. The highest BCUT2D eigenvalue weighted by atomic mass is 32.2. The third kappa shape index (κ3) is 5.57. The van der Waals surface area contributed by atoms with Crippen molar-refractivity contribution in [1.82, 2.24) is 9.21 Å². The fourth-order valence-corrected chi connectivity index (χ4v) is 6.21. The number of anilines is 1. The number of sulfonamides is 1. The maximum Gasteiger partial charge on any atom is 0.255 e. The zero-order valence-corrected chi connectivity index (χ0v) is 20.2. The van der Waals surface area contributed by atoms with Gasteiger partial charge < -0.3 is 10.1 Å². The SMILES string of the molecule is COc1ccc(S(=O)(=O)N2CCCC2)cc1NC(=O)c1ccc(CN2CCCC(C)C2)cc1. The van der Waals surface area contributed by atoms with E-state index in [-0.39, 0.29) is 10.8 Å². The molecule has 0 saturated carbocycles. The van der Waals surface area contributed by atoms with Crippen molar-refractivity contribution in [2.24, 2.45) is 5.92 Å². The normalized spacial score (nSPS) is 20.0. The standard InChI is InChI=1S/C25H33N3O4S/c1-19-6-5-13-27(17-19)18-20-7-9-21(10-8-20)25(29)26-23-16-22(11-12-24(23)32-2)33(30,31)28-14-3-4-15-28/h7-12,16,19H,3-6,13-15,17-18H2,1-2H3,(H,26,29). The van der Waals surface area contributed by atoms with Gasteiger partial charge in [0.25, 0.3) is 5.91 Å². The number of benzene rings is 2. The molecule has 0 spiro atoms. The zero-order valence-electron chi connectivity index (χ0n) is 19.4. The molecule has 2 aromatic rings. The van der Waals surface area contributed by atoms with Crippen LogP contribution in [-0.2, 0) is 16.6 Å². The number of nitrogens with zero attached hydrogens (tertiary/aromatic N) is 2. The summed E-state index contributed by atoms with van der Waals surface area (Å²) in [6.07, 6.45) is 4.26. The van der Waals surface area contributed by atoms with Crippen LogP contribution in [0.1, 0.15) is 48.5 Å². The van der Waals surface area contributed by atoms with E-state index < -0.39 is 10.0 Å². The average molecular weight is 472 g/mol. The number of likely N-dealkylation sites (tertiary alicyclic amines) is 1. The molecule has 1 unspecified atom stereocenters. The molecule has 2 aromatic carbocycles. The van der Waals surface area contributed by atoms with E-state index in [0.29, 0.717) is 30.1 Å². The van der Waals surface area contributed by atoms with Crippen LogP contribution in [0, 0.1) is 5.92 Å². The lowest BCUT2D eigenvalue weighted by Gasteiger charge is -2.30. The highest BCUT2D eigenvalue weighted by Gasteiger charge is 2.28. The molecule has 0 aromatic heterocycles. The molecule has 7 nitrogen and oxygen atoms in total. The maximum absolute atomic E-state index is 12.9. The highest BCUT2D eigenvalue weighted by Crippen LogP contribution is 2.30. The fraction of sp³-hybridized carbons (Fsp3) is 0.480. The minimum atomic E-state index is -3.59. The highest BCUT2D eigenvalue weighted by molar-refractivity contribution is 7.89. The van der Waals surface area contributed by atoms with Crippen LogP contribution in [-0.4, -0.2) is 56.8 Å². The van der Waals surface area contributed by atoms with Crippen molar-refractivity contribution >= 4 is 21.6 Å². The van der Waals surface area contributed by atoms with Gasteiger partial charge in [-0.15, -0.1) is 0 Å². The van der Waals surface area contributed by atoms with Crippen LogP contribution in [0.15, 0.2) is 47.4 Å². The molecule has 1 N–H and O–H groups in total. The van der Waals surface area contributed by atoms with Gasteiger partial charge in [-0.1, -0.05) is 19.1 Å². The molecule has 0 bridgehead atoms. The van der Waals surface area contributed by atoms with E-state index >= 15 is 0 Å². The molecule has 8 heteroatoms. The van der Waals surface area contributed by atoms with E-state index in [0.717, 1.165) is 38.4 Å². The first-order valence-electron chi connectivity index (χ1n) is 11.7. The van der Waals surface area contributed by atoms with Crippen LogP contribution >= 0.6 is 0 Å². The zero-order chi connectivity index (χ0) is 23.4. The van der Waals surface area contributed by atoms with E-state index in [2.05, 4.69) is 17.1 Å². The summed E-state index contributed by atoms with van der Waals surface area (Å²) in [5.41, 5.74) is 2.03. The fourth-order valence-electron chi connectivity index (χ4n) is 4.67. The molecule has 2 aliphatic heterocycles. The molecule has 2 heterocycles. The summed E-state index contributed by atoms with van der Waals surface area (Å²) < 4.78 is 32.7. The molecule has 1 atom stereocenters. The summed E-state index contributed by atoms with van der Waals surface area (Å²) in [5.74, 6) is 0.838. The van der Waals surface area contributed by atoms with E-state index in [1.807, 2.05) is 24.3 Å². The number of ether oxygens (including phenoxy) is 1. The quantitative estimate of drug-likeness (QED) is 0.661. The molecule has 0 radical (unpaired) electrons. The second-order valence-corrected chi connectivity index (χ2v) is 11.0. The topological polar surface area (TPSA) is 79.0 Å². The number of piperidine rings is 1. The molecular weight excluding hydrogens is 438 g/mol. The Balaban J connectivity index is 1.47. The summed E-state index contributed by atoms with van der Waals surface area (Å²) >= 11 is 0. The molecule has 2 aliphatic rings. The summed E-state index contributed by atoms with van der Waals surface area (Å²) in [5, 5.41) is 2.83. The Morgan fingerprint density at radius 2 is 1.79 bits per heavy atom. The van der Waals surface area contributed by atoms with Gasteiger partial charge >= 0.3 is 0 Å². The minimum Gasteiger partial charge on any atom is -0.495 e. The molecule has 1 amide bonds. The first kappa shape index (κ1) is 23.7. The molecular formula is C25H33N3O4S. The smallest absolute Gasteiger partial charge is 0.255 e. The third-order valence-electron chi connectivity index (χ3n) is 6.49. The predicted molar refractivity (Wildman–Crippen MR) is 129 cm³/mol. The number of methoxy groups -OCH3 is 1. The van der Waals surface area contributed by atoms with Gasteiger partial charge in [-0.2, -0.15) is 4.31 Å². The van der Waals surface area contributed by atoms with Crippen LogP contribution < -0.4 is 10.1 Å². The maximum atomic E-state index is 12.9. The summed E-state index contributed by atoms with van der Waals surface area (Å²) in [6, 6.07) is 12.2. The Kier molecular flexibility index (Phi) is 7.36. The van der Waals surface area contributed by atoms with E-state index in [1.165, 1.54) is 42.0 Å².